The van der Waals surface area contributed by atoms with Crippen LogP contribution >= 0.6 is 0 Å². The molecule has 0 radical (unpaired) electrons. The van der Waals surface area contributed by atoms with Gasteiger partial charge >= 0.3 is 0 Å². The SMILES string of the molecule is CC(C)CCCNCc1ccc(OCC(C)C)cc1. The molecule has 0 fully saturated rings. The molecular formula is C17H29NO. The van der Waals surface area contributed by atoms with Gasteiger partial charge in [-0.3, -0.25) is 0 Å². The first-order chi connectivity index (χ1) is 9.08. The molecule has 0 saturated heterocycles. The van der Waals surface area contributed by atoms with Crippen LogP contribution in [0.1, 0.15) is 46.1 Å². The van der Waals surface area contributed by atoms with E-state index in [1.807, 2.05) is 0 Å². The van der Waals surface area contributed by atoms with Crippen LogP contribution in [-0.2, 0) is 6.54 Å². The Morgan fingerprint density at radius 1 is 1.00 bits per heavy atom. The largest absolute Gasteiger partial charge is 0.493 e. The third kappa shape index (κ3) is 7.89. The number of nitrogens with one attached hydrogen (secondary N) is 1. The van der Waals surface area contributed by atoms with Crippen molar-refractivity contribution in [2.75, 3.05) is 13.2 Å². The first kappa shape index (κ1) is 16.0. The number of hydrogen-bond acceptors (Lipinski definition) is 2. The monoisotopic (exact) mass is 263 g/mol. The number of hydrogen-bond donors (Lipinski definition) is 1. The summed E-state index contributed by atoms with van der Waals surface area (Å²) in [5, 5.41) is 3.49. The summed E-state index contributed by atoms with van der Waals surface area (Å²) >= 11 is 0. The molecule has 0 atom stereocenters. The maximum atomic E-state index is 5.67. The van der Waals surface area contributed by atoms with Gasteiger partial charge in [0.2, 0.25) is 0 Å². The van der Waals surface area contributed by atoms with E-state index >= 15 is 0 Å². The van der Waals surface area contributed by atoms with Crippen molar-refractivity contribution in [1.29, 1.82) is 0 Å². The Balaban J connectivity index is 2.20. The van der Waals surface area contributed by atoms with Gasteiger partial charge in [-0.25, -0.2) is 0 Å². The zero-order valence-electron chi connectivity index (χ0n) is 12.9. The predicted octanol–water partition coefficient (Wildman–Crippen LogP) is 4.25. The van der Waals surface area contributed by atoms with Crippen LogP contribution in [-0.4, -0.2) is 13.2 Å². The highest BCUT2D eigenvalue weighted by molar-refractivity contribution is 5.27. The van der Waals surface area contributed by atoms with E-state index in [-0.39, 0.29) is 0 Å². The highest BCUT2D eigenvalue weighted by Crippen LogP contribution is 2.13. The van der Waals surface area contributed by atoms with Gasteiger partial charge in [0.1, 0.15) is 5.75 Å². The van der Waals surface area contributed by atoms with Crippen LogP contribution in [0.15, 0.2) is 24.3 Å². The van der Waals surface area contributed by atoms with E-state index in [1.54, 1.807) is 0 Å². The lowest BCUT2D eigenvalue weighted by Crippen LogP contribution is -2.15. The molecular weight excluding hydrogens is 234 g/mol. The predicted molar refractivity (Wildman–Crippen MR) is 82.6 cm³/mol. The molecule has 0 bridgehead atoms. The topological polar surface area (TPSA) is 21.3 Å². The highest BCUT2D eigenvalue weighted by Gasteiger charge is 1.98. The van der Waals surface area contributed by atoms with E-state index < -0.39 is 0 Å². The van der Waals surface area contributed by atoms with Gasteiger partial charge in [-0.15, -0.1) is 0 Å². The van der Waals surface area contributed by atoms with Crippen molar-refractivity contribution in [3.63, 3.8) is 0 Å². The Morgan fingerprint density at radius 3 is 2.26 bits per heavy atom. The van der Waals surface area contributed by atoms with Crippen molar-refractivity contribution in [3.8, 4) is 5.75 Å². The standard InChI is InChI=1S/C17H29NO/c1-14(2)6-5-11-18-12-16-7-9-17(10-8-16)19-13-15(3)4/h7-10,14-15,18H,5-6,11-13H2,1-4H3. The van der Waals surface area contributed by atoms with E-state index in [9.17, 15) is 0 Å². The van der Waals surface area contributed by atoms with Crippen molar-refractivity contribution in [2.24, 2.45) is 11.8 Å². The maximum Gasteiger partial charge on any atom is 0.119 e. The van der Waals surface area contributed by atoms with Crippen LogP contribution in [0.25, 0.3) is 0 Å². The lowest BCUT2D eigenvalue weighted by molar-refractivity contribution is 0.271. The summed E-state index contributed by atoms with van der Waals surface area (Å²) in [7, 11) is 0. The molecule has 2 heteroatoms. The molecule has 0 heterocycles. The van der Waals surface area contributed by atoms with Crippen molar-refractivity contribution >= 4 is 0 Å². The fourth-order valence-corrected chi connectivity index (χ4v) is 1.83. The van der Waals surface area contributed by atoms with Crippen LogP contribution in [0.4, 0.5) is 0 Å². The Labute approximate surface area is 118 Å². The Hall–Kier alpha value is -1.02. The van der Waals surface area contributed by atoms with Crippen molar-refractivity contribution < 1.29 is 4.74 Å². The molecule has 1 aromatic rings. The van der Waals surface area contributed by atoms with E-state index in [0.29, 0.717) is 5.92 Å². The van der Waals surface area contributed by atoms with Crippen LogP contribution in [0.3, 0.4) is 0 Å². The molecule has 0 amide bonds. The van der Waals surface area contributed by atoms with E-state index in [1.165, 1.54) is 18.4 Å². The molecule has 108 valence electrons. The lowest BCUT2D eigenvalue weighted by atomic mass is 10.1. The van der Waals surface area contributed by atoms with Gasteiger partial charge in [0.25, 0.3) is 0 Å². The molecule has 0 unspecified atom stereocenters. The zero-order valence-corrected chi connectivity index (χ0v) is 12.9. The molecule has 0 saturated carbocycles. The van der Waals surface area contributed by atoms with Gasteiger partial charge < -0.3 is 10.1 Å². The van der Waals surface area contributed by atoms with Gasteiger partial charge in [-0.2, -0.15) is 0 Å². The summed E-state index contributed by atoms with van der Waals surface area (Å²) in [6.07, 6.45) is 2.56. The third-order valence-corrected chi connectivity index (χ3v) is 2.97. The van der Waals surface area contributed by atoms with Crippen molar-refractivity contribution in [3.05, 3.63) is 29.8 Å². The number of rotatable bonds is 9. The number of benzene rings is 1. The Morgan fingerprint density at radius 2 is 1.68 bits per heavy atom. The van der Waals surface area contributed by atoms with E-state index in [4.69, 9.17) is 4.74 Å². The van der Waals surface area contributed by atoms with E-state index in [2.05, 4.69) is 57.3 Å². The summed E-state index contributed by atoms with van der Waals surface area (Å²) in [5.41, 5.74) is 1.32. The first-order valence-corrected chi connectivity index (χ1v) is 7.50. The maximum absolute atomic E-state index is 5.67. The van der Waals surface area contributed by atoms with Crippen LogP contribution in [0, 0.1) is 11.8 Å². The van der Waals surface area contributed by atoms with Gasteiger partial charge in [-0.1, -0.05) is 39.8 Å². The summed E-state index contributed by atoms with van der Waals surface area (Å²) in [5.74, 6) is 2.35. The average molecular weight is 263 g/mol. The highest BCUT2D eigenvalue weighted by atomic mass is 16.5. The van der Waals surface area contributed by atoms with Crippen molar-refractivity contribution in [1.82, 2.24) is 5.32 Å². The summed E-state index contributed by atoms with van der Waals surface area (Å²) < 4.78 is 5.67. The van der Waals surface area contributed by atoms with Gasteiger partial charge in [0.05, 0.1) is 6.61 Å². The summed E-state index contributed by atoms with van der Waals surface area (Å²) in [6.45, 7) is 11.7. The quantitative estimate of drug-likeness (QED) is 0.673. The van der Waals surface area contributed by atoms with Crippen LogP contribution in [0.5, 0.6) is 5.75 Å². The van der Waals surface area contributed by atoms with Gasteiger partial charge in [0.15, 0.2) is 0 Å². The molecule has 1 aromatic carbocycles. The molecule has 2 nitrogen and oxygen atoms in total. The molecule has 19 heavy (non-hydrogen) atoms. The second-order valence-electron chi connectivity index (χ2n) is 6.06. The second-order valence-corrected chi connectivity index (χ2v) is 6.06. The van der Waals surface area contributed by atoms with E-state index in [0.717, 1.165) is 31.4 Å². The fraction of sp³-hybridized carbons (Fsp3) is 0.647. The summed E-state index contributed by atoms with van der Waals surface area (Å²) in [6, 6.07) is 8.41. The van der Waals surface area contributed by atoms with Gasteiger partial charge in [-0.05, 0) is 48.9 Å². The molecule has 0 aromatic heterocycles. The van der Waals surface area contributed by atoms with Crippen LogP contribution in [0.2, 0.25) is 0 Å². The number of ether oxygens (including phenoxy) is 1. The second kappa shape index (κ2) is 8.98. The lowest BCUT2D eigenvalue weighted by Gasteiger charge is -2.10. The molecule has 1 N–H and O–H groups in total. The first-order valence-electron chi connectivity index (χ1n) is 7.50. The molecule has 0 aliphatic carbocycles. The zero-order chi connectivity index (χ0) is 14.1. The molecule has 0 aliphatic rings. The molecule has 0 spiro atoms. The minimum atomic E-state index is 0.572. The average Bonchev–Trinajstić information content (AvgIpc) is 2.37. The van der Waals surface area contributed by atoms with Crippen molar-refractivity contribution in [2.45, 2.75) is 47.1 Å². The van der Waals surface area contributed by atoms with Crippen LogP contribution < -0.4 is 10.1 Å². The Bertz CT molecular complexity index is 330. The third-order valence-electron chi connectivity index (χ3n) is 2.97. The Kier molecular flexibility index (Phi) is 7.57. The van der Waals surface area contributed by atoms with Gasteiger partial charge in [0, 0.05) is 6.54 Å². The fourth-order valence-electron chi connectivity index (χ4n) is 1.83. The molecule has 1 rings (SSSR count). The minimum absolute atomic E-state index is 0.572. The summed E-state index contributed by atoms with van der Waals surface area (Å²) in [4.78, 5) is 0. The smallest absolute Gasteiger partial charge is 0.119 e. The normalized spacial score (nSPS) is 11.3. The minimum Gasteiger partial charge on any atom is -0.493 e. The molecule has 0 aliphatic heterocycles.